The number of nitrogens with one attached hydrogen (secondary N) is 1. The fourth-order valence-electron chi connectivity index (χ4n) is 2.27. The van der Waals surface area contributed by atoms with Gasteiger partial charge in [-0.15, -0.1) is 11.3 Å². The Labute approximate surface area is 107 Å². The van der Waals surface area contributed by atoms with Crippen molar-refractivity contribution in [2.24, 2.45) is 5.92 Å². The van der Waals surface area contributed by atoms with E-state index >= 15 is 0 Å². The molecule has 1 aliphatic carbocycles. The van der Waals surface area contributed by atoms with Gasteiger partial charge >= 0.3 is 0 Å². The zero-order valence-electron chi connectivity index (χ0n) is 10.7. The summed E-state index contributed by atoms with van der Waals surface area (Å²) in [5.74, 6) is 0.766. The Morgan fingerprint density at radius 2 is 2.24 bits per heavy atom. The van der Waals surface area contributed by atoms with Crippen LogP contribution in [0.2, 0.25) is 0 Å². The Hall–Kier alpha value is -0.610. The van der Waals surface area contributed by atoms with E-state index in [-0.39, 0.29) is 0 Å². The number of aromatic nitrogens is 1. The van der Waals surface area contributed by atoms with Gasteiger partial charge in [0, 0.05) is 11.9 Å². The summed E-state index contributed by atoms with van der Waals surface area (Å²) in [7, 11) is 0. The lowest BCUT2D eigenvalue weighted by atomic mass is 9.79. The third-order valence-corrected chi connectivity index (χ3v) is 4.54. The van der Waals surface area contributed by atoms with Crippen molar-refractivity contribution in [3.63, 3.8) is 0 Å². The van der Waals surface area contributed by atoms with Gasteiger partial charge in [-0.05, 0) is 38.0 Å². The van der Waals surface area contributed by atoms with E-state index in [0.29, 0.717) is 6.54 Å². The quantitative estimate of drug-likeness (QED) is 0.868. The average molecular weight is 254 g/mol. The fraction of sp³-hybridized carbons (Fsp3) is 0.769. The Morgan fingerprint density at radius 1 is 1.53 bits per heavy atom. The summed E-state index contributed by atoms with van der Waals surface area (Å²) in [5.41, 5.74) is 0.603. The number of hydrogen-bond donors (Lipinski definition) is 2. The maximum atomic E-state index is 10.4. The number of aliphatic hydroxyl groups is 1. The first kappa shape index (κ1) is 12.8. The van der Waals surface area contributed by atoms with E-state index in [1.165, 1.54) is 0 Å². The normalized spacial score (nSPS) is 29.2. The second-order valence-corrected chi connectivity index (χ2v) is 6.12. The maximum Gasteiger partial charge on any atom is 0.182 e. The van der Waals surface area contributed by atoms with Gasteiger partial charge in [-0.1, -0.05) is 13.8 Å². The van der Waals surface area contributed by atoms with Gasteiger partial charge in [0.05, 0.1) is 11.3 Å². The first-order valence-corrected chi connectivity index (χ1v) is 7.40. The van der Waals surface area contributed by atoms with E-state index in [1.807, 2.05) is 0 Å². The number of thiazole rings is 1. The summed E-state index contributed by atoms with van der Waals surface area (Å²) < 4.78 is 0. The molecule has 1 aliphatic rings. The molecule has 1 fully saturated rings. The summed E-state index contributed by atoms with van der Waals surface area (Å²) >= 11 is 1.63. The molecule has 0 unspecified atom stereocenters. The molecule has 0 amide bonds. The molecular weight excluding hydrogens is 232 g/mol. The minimum atomic E-state index is -0.523. The number of anilines is 1. The van der Waals surface area contributed by atoms with Crippen molar-refractivity contribution in [2.45, 2.75) is 51.6 Å². The van der Waals surface area contributed by atoms with Crippen molar-refractivity contribution in [3.8, 4) is 0 Å². The van der Waals surface area contributed by atoms with E-state index in [0.717, 1.165) is 48.8 Å². The summed E-state index contributed by atoms with van der Waals surface area (Å²) in [6, 6.07) is 0. The van der Waals surface area contributed by atoms with Crippen molar-refractivity contribution in [1.82, 2.24) is 4.98 Å². The van der Waals surface area contributed by atoms with Crippen LogP contribution in [-0.4, -0.2) is 22.2 Å². The van der Waals surface area contributed by atoms with Gasteiger partial charge in [-0.2, -0.15) is 0 Å². The molecule has 1 heterocycles. The molecule has 0 spiro atoms. The van der Waals surface area contributed by atoms with Crippen LogP contribution in [0.3, 0.4) is 0 Å². The van der Waals surface area contributed by atoms with Crippen molar-refractivity contribution >= 4 is 16.5 Å². The third-order valence-electron chi connectivity index (χ3n) is 3.69. The SMILES string of the molecule is CCc1csc(NCC2(O)CCC(C)CC2)n1. The molecule has 2 N–H and O–H groups in total. The van der Waals surface area contributed by atoms with Crippen LogP contribution in [0.25, 0.3) is 0 Å². The van der Waals surface area contributed by atoms with Gasteiger partial charge in [0.1, 0.15) is 0 Å². The van der Waals surface area contributed by atoms with Gasteiger partial charge in [-0.3, -0.25) is 0 Å². The van der Waals surface area contributed by atoms with Crippen LogP contribution in [0.15, 0.2) is 5.38 Å². The van der Waals surface area contributed by atoms with Crippen LogP contribution >= 0.6 is 11.3 Å². The zero-order chi connectivity index (χ0) is 12.3. The second kappa shape index (κ2) is 5.36. The van der Waals surface area contributed by atoms with Gasteiger partial charge < -0.3 is 10.4 Å². The highest BCUT2D eigenvalue weighted by atomic mass is 32.1. The second-order valence-electron chi connectivity index (χ2n) is 5.26. The van der Waals surface area contributed by atoms with E-state index in [4.69, 9.17) is 0 Å². The molecule has 2 rings (SSSR count). The highest BCUT2D eigenvalue weighted by molar-refractivity contribution is 7.13. The van der Waals surface area contributed by atoms with Gasteiger partial charge in [-0.25, -0.2) is 4.98 Å². The van der Waals surface area contributed by atoms with E-state index in [2.05, 4.69) is 29.5 Å². The monoisotopic (exact) mass is 254 g/mol. The minimum absolute atomic E-state index is 0.523. The lowest BCUT2D eigenvalue weighted by molar-refractivity contribution is 0.00501. The molecule has 1 aromatic rings. The van der Waals surface area contributed by atoms with Crippen LogP contribution in [0.1, 0.15) is 45.2 Å². The number of rotatable bonds is 4. The number of aryl methyl sites for hydroxylation is 1. The number of nitrogens with zero attached hydrogens (tertiary/aromatic N) is 1. The van der Waals surface area contributed by atoms with Gasteiger partial charge in [0.2, 0.25) is 0 Å². The summed E-state index contributed by atoms with van der Waals surface area (Å²) in [6.45, 7) is 5.01. The van der Waals surface area contributed by atoms with Gasteiger partial charge in [0.25, 0.3) is 0 Å². The van der Waals surface area contributed by atoms with Crippen molar-refractivity contribution in [1.29, 1.82) is 0 Å². The molecule has 17 heavy (non-hydrogen) atoms. The lowest BCUT2D eigenvalue weighted by Gasteiger charge is -2.34. The van der Waals surface area contributed by atoms with Crippen LogP contribution < -0.4 is 5.32 Å². The molecule has 0 bridgehead atoms. The number of hydrogen-bond acceptors (Lipinski definition) is 4. The molecule has 3 nitrogen and oxygen atoms in total. The van der Waals surface area contributed by atoms with E-state index in [9.17, 15) is 5.11 Å². The van der Waals surface area contributed by atoms with Crippen molar-refractivity contribution < 1.29 is 5.11 Å². The predicted octanol–water partition coefficient (Wildman–Crippen LogP) is 3.06. The molecule has 1 aromatic heterocycles. The van der Waals surface area contributed by atoms with E-state index < -0.39 is 5.60 Å². The Morgan fingerprint density at radius 3 is 2.82 bits per heavy atom. The molecule has 0 radical (unpaired) electrons. The predicted molar refractivity (Wildman–Crippen MR) is 72.6 cm³/mol. The fourth-order valence-corrected chi connectivity index (χ4v) is 3.06. The molecule has 0 aromatic carbocycles. The van der Waals surface area contributed by atoms with Crippen molar-refractivity contribution in [3.05, 3.63) is 11.1 Å². The summed E-state index contributed by atoms with van der Waals surface area (Å²) in [5, 5.41) is 16.7. The van der Waals surface area contributed by atoms with Crippen LogP contribution in [0, 0.1) is 5.92 Å². The minimum Gasteiger partial charge on any atom is -0.388 e. The molecular formula is C13H22N2OS. The van der Waals surface area contributed by atoms with Crippen LogP contribution in [0.4, 0.5) is 5.13 Å². The first-order valence-electron chi connectivity index (χ1n) is 6.52. The average Bonchev–Trinajstić information content (AvgIpc) is 2.79. The molecule has 0 atom stereocenters. The standard InChI is InChI=1S/C13H22N2OS/c1-3-11-8-17-12(15-11)14-9-13(16)6-4-10(2)5-7-13/h8,10,16H,3-7,9H2,1-2H3,(H,14,15). The van der Waals surface area contributed by atoms with Crippen LogP contribution in [0.5, 0.6) is 0 Å². The van der Waals surface area contributed by atoms with Crippen molar-refractivity contribution in [2.75, 3.05) is 11.9 Å². The molecule has 0 aliphatic heterocycles. The summed E-state index contributed by atoms with van der Waals surface area (Å²) in [6.07, 6.45) is 5.06. The smallest absolute Gasteiger partial charge is 0.182 e. The van der Waals surface area contributed by atoms with Crippen LogP contribution in [-0.2, 0) is 6.42 Å². The Balaban J connectivity index is 1.84. The van der Waals surface area contributed by atoms with Gasteiger partial charge in [0.15, 0.2) is 5.13 Å². The summed E-state index contributed by atoms with van der Waals surface area (Å²) in [4.78, 5) is 4.46. The molecule has 4 heteroatoms. The van der Waals surface area contributed by atoms with E-state index in [1.54, 1.807) is 11.3 Å². The molecule has 0 saturated heterocycles. The zero-order valence-corrected chi connectivity index (χ0v) is 11.5. The topological polar surface area (TPSA) is 45.1 Å². The highest BCUT2D eigenvalue weighted by Gasteiger charge is 2.31. The highest BCUT2D eigenvalue weighted by Crippen LogP contribution is 2.32. The molecule has 1 saturated carbocycles. The Kier molecular flexibility index (Phi) is 4.05. The first-order chi connectivity index (χ1) is 8.11. The largest absolute Gasteiger partial charge is 0.388 e. The third kappa shape index (κ3) is 3.42. The maximum absolute atomic E-state index is 10.4. The lowest BCUT2D eigenvalue weighted by Crippen LogP contribution is -2.40. The molecule has 96 valence electrons. The Bertz CT molecular complexity index is 356.